The van der Waals surface area contributed by atoms with E-state index in [1.165, 1.54) is 59.8 Å². The van der Waals surface area contributed by atoms with E-state index in [0.717, 1.165) is 0 Å². The average Bonchev–Trinajstić information content (AvgIpc) is 2.98. The zero-order valence-corrected chi connectivity index (χ0v) is 24.3. The Labute approximate surface area is 241 Å². The summed E-state index contributed by atoms with van der Waals surface area (Å²) in [6.45, 7) is 0. The Kier molecular flexibility index (Phi) is 10.6. The summed E-state index contributed by atoms with van der Waals surface area (Å²) in [5.41, 5.74) is 1.51. The van der Waals surface area contributed by atoms with E-state index in [0.29, 0.717) is 44.2 Å². The highest BCUT2D eigenvalue weighted by atomic mass is 79.9. The van der Waals surface area contributed by atoms with Crippen LogP contribution in [0.25, 0.3) is 18.2 Å². The lowest BCUT2D eigenvalue weighted by atomic mass is 10.00. The Morgan fingerprint density at radius 3 is 1.60 bits per heavy atom. The van der Waals surface area contributed by atoms with Gasteiger partial charge in [0.1, 0.15) is 0 Å². The van der Waals surface area contributed by atoms with Crippen LogP contribution < -0.4 is 23.7 Å². The van der Waals surface area contributed by atoms with Crippen molar-refractivity contribution >= 4 is 45.7 Å². The van der Waals surface area contributed by atoms with Crippen molar-refractivity contribution in [2.24, 2.45) is 0 Å². The normalized spacial score (nSPS) is 10.8. The van der Waals surface area contributed by atoms with Gasteiger partial charge in [0.05, 0.1) is 45.6 Å². The second-order valence-corrected chi connectivity index (χ2v) is 9.03. The predicted octanol–water partition coefficient (Wildman–Crippen LogP) is 6.15. The van der Waals surface area contributed by atoms with Gasteiger partial charge in [0.15, 0.2) is 46.1 Å². The number of carbonyl (C=O) groups excluding carboxylic acids is 2. The van der Waals surface area contributed by atoms with Gasteiger partial charge in [-0.05, 0) is 76.1 Å². The first-order valence-electron chi connectivity index (χ1n) is 11.9. The number of methoxy groups -OCH3 is 5. The lowest BCUT2D eigenvalue weighted by Gasteiger charge is -2.10. The zero-order valence-electron chi connectivity index (χ0n) is 22.7. The van der Waals surface area contributed by atoms with E-state index < -0.39 is 11.6 Å². The van der Waals surface area contributed by atoms with Gasteiger partial charge >= 0.3 is 0 Å². The minimum Gasteiger partial charge on any atom is -0.503 e. The number of hydrogen-bond acceptors (Lipinski definition) is 8. The number of para-hydroxylation sites is 2. The number of phenolic OH excluding ortho intramolecular Hbond substituents is 1. The van der Waals surface area contributed by atoms with Crippen molar-refractivity contribution in [1.82, 2.24) is 0 Å². The Hall–Kier alpha value is -4.50. The smallest absolute Gasteiger partial charge is 0.189 e. The van der Waals surface area contributed by atoms with E-state index in [2.05, 4.69) is 15.9 Å². The van der Waals surface area contributed by atoms with E-state index in [4.69, 9.17) is 23.7 Å². The first-order chi connectivity index (χ1) is 19.3. The third-order valence-electron chi connectivity index (χ3n) is 5.81. The highest BCUT2D eigenvalue weighted by molar-refractivity contribution is 9.10. The van der Waals surface area contributed by atoms with Crippen molar-refractivity contribution in [3.05, 3.63) is 87.4 Å². The van der Waals surface area contributed by atoms with Crippen LogP contribution in [0.2, 0.25) is 0 Å². The number of aromatic hydroxyl groups is 1. The number of hydrogen-bond donors (Lipinski definition) is 1. The first kappa shape index (κ1) is 30.0. The van der Waals surface area contributed by atoms with Crippen LogP contribution in [0.15, 0.2) is 70.7 Å². The number of allylic oxidation sites excluding steroid dienone is 3. The number of phenols is 1. The SMILES string of the molecule is COc1cc(C=C(C(=O)/C=C/c2cccc(OC)c2OC)C(=O)/C=C/c2cccc(OC)c2OC)cc(Br)c1O. The van der Waals surface area contributed by atoms with Crippen molar-refractivity contribution in [3.8, 4) is 34.5 Å². The van der Waals surface area contributed by atoms with Crippen LogP contribution in [0.3, 0.4) is 0 Å². The van der Waals surface area contributed by atoms with Gasteiger partial charge in [0.2, 0.25) is 0 Å². The van der Waals surface area contributed by atoms with Crippen molar-refractivity contribution in [3.63, 3.8) is 0 Å². The van der Waals surface area contributed by atoms with Gasteiger partial charge in [-0.1, -0.05) is 24.3 Å². The molecule has 0 aliphatic heterocycles. The molecule has 3 aromatic rings. The molecule has 0 aromatic heterocycles. The van der Waals surface area contributed by atoms with Crippen LogP contribution in [0.1, 0.15) is 16.7 Å². The second-order valence-electron chi connectivity index (χ2n) is 8.17. The van der Waals surface area contributed by atoms with Gasteiger partial charge in [-0.3, -0.25) is 9.59 Å². The lowest BCUT2D eigenvalue weighted by Crippen LogP contribution is -2.09. The monoisotopic (exact) mass is 608 g/mol. The number of ether oxygens (including phenoxy) is 5. The summed E-state index contributed by atoms with van der Waals surface area (Å²) in [6.07, 6.45) is 7.10. The predicted molar refractivity (Wildman–Crippen MR) is 158 cm³/mol. The van der Waals surface area contributed by atoms with E-state index in [1.807, 2.05) is 0 Å². The Balaban J connectivity index is 2.07. The summed E-state index contributed by atoms with van der Waals surface area (Å²) in [5.74, 6) is 0.856. The minimum absolute atomic E-state index is 0.103. The first-order valence-corrected chi connectivity index (χ1v) is 12.7. The van der Waals surface area contributed by atoms with Crippen LogP contribution in [-0.2, 0) is 9.59 Å². The molecule has 0 atom stereocenters. The molecule has 0 spiro atoms. The molecule has 9 heteroatoms. The number of halogens is 1. The number of rotatable bonds is 12. The summed E-state index contributed by atoms with van der Waals surface area (Å²) in [6, 6.07) is 13.6. The molecule has 0 bridgehead atoms. The lowest BCUT2D eigenvalue weighted by molar-refractivity contribution is -0.116. The summed E-state index contributed by atoms with van der Waals surface area (Å²) < 4.78 is 27.1. The molecule has 0 radical (unpaired) electrons. The topological polar surface area (TPSA) is 101 Å². The molecule has 208 valence electrons. The second kappa shape index (κ2) is 14.0. The standard InChI is InChI=1S/C31H29BrO8/c1-36-26-10-6-8-20(30(26)39-4)12-14-24(33)22(16-19-17-23(32)29(35)28(18-19)38-3)25(34)15-13-21-9-7-11-27(37-2)31(21)40-5/h6-18,35H,1-5H3/b14-12+,15-13+. The van der Waals surface area contributed by atoms with Crippen LogP contribution in [-0.4, -0.2) is 52.2 Å². The molecule has 3 rings (SSSR count). The Morgan fingerprint density at radius 1 is 0.700 bits per heavy atom. The molecule has 0 saturated carbocycles. The van der Waals surface area contributed by atoms with E-state index in [1.54, 1.807) is 54.6 Å². The maximum Gasteiger partial charge on any atom is 0.189 e. The molecular weight excluding hydrogens is 580 g/mol. The van der Waals surface area contributed by atoms with Crippen molar-refractivity contribution in [2.75, 3.05) is 35.5 Å². The molecule has 8 nitrogen and oxygen atoms in total. The molecule has 0 heterocycles. The fourth-order valence-corrected chi connectivity index (χ4v) is 4.32. The Bertz CT molecular complexity index is 1410. The van der Waals surface area contributed by atoms with Gasteiger partial charge < -0.3 is 28.8 Å². The van der Waals surface area contributed by atoms with Crippen molar-refractivity contribution < 1.29 is 38.4 Å². The largest absolute Gasteiger partial charge is 0.503 e. The fraction of sp³-hybridized carbons (Fsp3) is 0.161. The third kappa shape index (κ3) is 6.92. The fourth-order valence-electron chi connectivity index (χ4n) is 3.86. The van der Waals surface area contributed by atoms with Crippen LogP contribution >= 0.6 is 15.9 Å². The Morgan fingerprint density at radius 2 is 1.18 bits per heavy atom. The molecule has 0 aliphatic rings. The maximum atomic E-state index is 13.4. The quantitative estimate of drug-likeness (QED) is 0.148. The number of ketones is 2. The molecule has 1 N–H and O–H groups in total. The molecule has 0 unspecified atom stereocenters. The molecule has 40 heavy (non-hydrogen) atoms. The third-order valence-corrected chi connectivity index (χ3v) is 6.41. The van der Waals surface area contributed by atoms with E-state index >= 15 is 0 Å². The molecule has 0 fully saturated rings. The number of carbonyl (C=O) groups is 2. The van der Waals surface area contributed by atoms with Crippen molar-refractivity contribution in [2.45, 2.75) is 0 Å². The summed E-state index contributed by atoms with van der Waals surface area (Å²) in [7, 11) is 7.44. The molecule has 0 amide bonds. The van der Waals surface area contributed by atoms with Gasteiger partial charge in [0, 0.05) is 11.1 Å². The van der Waals surface area contributed by atoms with Crippen LogP contribution in [0.4, 0.5) is 0 Å². The summed E-state index contributed by atoms with van der Waals surface area (Å²) >= 11 is 3.27. The molecule has 3 aromatic carbocycles. The number of benzene rings is 3. The van der Waals surface area contributed by atoms with Gasteiger partial charge in [-0.2, -0.15) is 0 Å². The van der Waals surface area contributed by atoms with Gasteiger partial charge in [-0.25, -0.2) is 0 Å². The highest BCUT2D eigenvalue weighted by Crippen LogP contribution is 2.36. The van der Waals surface area contributed by atoms with Crippen LogP contribution in [0, 0.1) is 0 Å². The van der Waals surface area contributed by atoms with E-state index in [-0.39, 0.29) is 17.1 Å². The zero-order chi connectivity index (χ0) is 29.2. The molecule has 0 aliphatic carbocycles. The van der Waals surface area contributed by atoms with Crippen LogP contribution in [0.5, 0.6) is 34.5 Å². The minimum atomic E-state index is -0.555. The average molecular weight is 609 g/mol. The highest BCUT2D eigenvalue weighted by Gasteiger charge is 2.17. The summed E-state index contributed by atoms with van der Waals surface area (Å²) in [5, 5.41) is 10.2. The summed E-state index contributed by atoms with van der Waals surface area (Å²) in [4.78, 5) is 26.9. The van der Waals surface area contributed by atoms with Crippen molar-refractivity contribution in [1.29, 1.82) is 0 Å². The molecule has 0 saturated heterocycles. The molecular formula is C31H29BrO8. The van der Waals surface area contributed by atoms with E-state index in [9.17, 15) is 14.7 Å². The van der Waals surface area contributed by atoms with Gasteiger partial charge in [-0.15, -0.1) is 0 Å². The van der Waals surface area contributed by atoms with Gasteiger partial charge in [0.25, 0.3) is 0 Å². The maximum absolute atomic E-state index is 13.4.